The van der Waals surface area contributed by atoms with Gasteiger partial charge in [-0.25, -0.2) is 9.71 Å². The zero-order valence-electron chi connectivity index (χ0n) is 7.24. The third kappa shape index (κ3) is 2.05. The summed E-state index contributed by atoms with van der Waals surface area (Å²) < 4.78 is 18.3. The highest BCUT2D eigenvalue weighted by atomic mass is 19.1. The second-order valence-electron chi connectivity index (χ2n) is 3.04. The number of hydrogen-bond acceptors (Lipinski definition) is 1. The molecule has 1 radical (unpaired) electrons. The van der Waals surface area contributed by atoms with Crippen molar-refractivity contribution in [3.63, 3.8) is 0 Å². The highest BCUT2D eigenvalue weighted by molar-refractivity contribution is 5.19. The van der Waals surface area contributed by atoms with E-state index in [1.165, 1.54) is 12.1 Å². The first-order valence-corrected chi connectivity index (χ1v) is 4.36. The molecule has 1 saturated heterocycles. The van der Waals surface area contributed by atoms with Crippen LogP contribution < -0.4 is 5.32 Å². The van der Waals surface area contributed by atoms with Crippen LogP contribution >= 0.6 is 0 Å². The number of halogens is 1. The lowest BCUT2D eigenvalue weighted by Crippen LogP contribution is -2.28. The molecule has 0 aromatic heterocycles. The third-order valence-corrected chi connectivity index (χ3v) is 2.08. The van der Waals surface area contributed by atoms with E-state index in [0.29, 0.717) is 13.2 Å². The van der Waals surface area contributed by atoms with Crippen molar-refractivity contribution in [1.29, 1.82) is 0 Å². The van der Waals surface area contributed by atoms with Crippen molar-refractivity contribution >= 4 is 0 Å². The number of nitrogens with zero attached hydrogens (tertiary/aromatic N) is 1. The number of hydrogen-bond donors (Lipinski definition) is 0. The first-order chi connectivity index (χ1) is 6.36. The largest absolute Gasteiger partial charge is 0.371 e. The first-order valence-electron chi connectivity index (χ1n) is 4.36. The lowest BCUT2D eigenvalue weighted by atomic mass is 10.1. The molecule has 2 rings (SSSR count). The average molecular weight is 180 g/mol. The Kier molecular flexibility index (Phi) is 2.57. The molecule has 0 saturated carbocycles. The molecule has 1 atom stereocenters. The van der Waals surface area contributed by atoms with Gasteiger partial charge in [-0.3, -0.25) is 0 Å². The molecule has 0 spiro atoms. The van der Waals surface area contributed by atoms with Gasteiger partial charge in [0.15, 0.2) is 0 Å². The molecule has 2 nitrogen and oxygen atoms in total. The quantitative estimate of drug-likeness (QED) is 0.642. The van der Waals surface area contributed by atoms with Crippen LogP contribution in [0.5, 0.6) is 0 Å². The first kappa shape index (κ1) is 8.66. The summed E-state index contributed by atoms with van der Waals surface area (Å²) in [7, 11) is 0. The van der Waals surface area contributed by atoms with Crippen LogP contribution in [0.4, 0.5) is 4.39 Å². The van der Waals surface area contributed by atoms with E-state index in [4.69, 9.17) is 4.74 Å². The van der Waals surface area contributed by atoms with E-state index < -0.39 is 0 Å². The van der Waals surface area contributed by atoms with E-state index in [9.17, 15) is 4.39 Å². The third-order valence-electron chi connectivity index (χ3n) is 2.08. The molecule has 69 valence electrons. The predicted molar refractivity (Wildman–Crippen MR) is 47.0 cm³/mol. The van der Waals surface area contributed by atoms with Gasteiger partial charge in [-0.15, -0.1) is 0 Å². The van der Waals surface area contributed by atoms with E-state index in [2.05, 4.69) is 5.32 Å². The maximum atomic E-state index is 12.8. The molecule has 0 N–H and O–H groups in total. The molecular weight excluding hydrogens is 169 g/mol. The Morgan fingerprint density at radius 1 is 1.46 bits per heavy atom. The Morgan fingerprint density at radius 2 is 2.38 bits per heavy atom. The fourth-order valence-corrected chi connectivity index (χ4v) is 1.43. The molecule has 1 fully saturated rings. The summed E-state index contributed by atoms with van der Waals surface area (Å²) in [5, 5.41) is 4.22. The molecular formula is C10H11FNO. The summed E-state index contributed by atoms with van der Waals surface area (Å²) in [6, 6.07) is 6.51. The maximum absolute atomic E-state index is 12.8. The van der Waals surface area contributed by atoms with Gasteiger partial charge in [0.25, 0.3) is 0 Å². The second kappa shape index (κ2) is 3.85. The molecule has 0 aliphatic carbocycles. The topological polar surface area (TPSA) is 23.3 Å². The lowest BCUT2D eigenvalue weighted by Gasteiger charge is -2.22. The van der Waals surface area contributed by atoms with E-state index in [1.54, 1.807) is 6.07 Å². The van der Waals surface area contributed by atoms with Gasteiger partial charge >= 0.3 is 0 Å². The molecule has 3 heteroatoms. The van der Waals surface area contributed by atoms with Gasteiger partial charge < -0.3 is 4.74 Å². The van der Waals surface area contributed by atoms with Crippen LogP contribution in [0.2, 0.25) is 0 Å². The van der Waals surface area contributed by atoms with Crippen LogP contribution in [0.1, 0.15) is 11.7 Å². The molecule has 1 heterocycles. The van der Waals surface area contributed by atoms with E-state index in [1.807, 2.05) is 6.07 Å². The van der Waals surface area contributed by atoms with Crippen molar-refractivity contribution in [3.8, 4) is 0 Å². The lowest BCUT2D eigenvalue weighted by molar-refractivity contribution is 0.0259. The number of rotatable bonds is 1. The summed E-state index contributed by atoms with van der Waals surface area (Å²) in [6.45, 7) is 2.04. The van der Waals surface area contributed by atoms with Crippen molar-refractivity contribution in [2.75, 3.05) is 19.7 Å². The minimum Gasteiger partial charge on any atom is -0.371 e. The van der Waals surface area contributed by atoms with Crippen molar-refractivity contribution in [2.45, 2.75) is 6.10 Å². The number of morpholine rings is 1. The van der Waals surface area contributed by atoms with Gasteiger partial charge in [0.1, 0.15) is 5.82 Å². The van der Waals surface area contributed by atoms with Crippen molar-refractivity contribution < 1.29 is 9.13 Å². The zero-order chi connectivity index (χ0) is 9.10. The number of benzene rings is 1. The van der Waals surface area contributed by atoms with Gasteiger partial charge in [-0.2, -0.15) is 0 Å². The monoisotopic (exact) mass is 180 g/mol. The van der Waals surface area contributed by atoms with Gasteiger partial charge in [-0.1, -0.05) is 12.1 Å². The summed E-state index contributed by atoms with van der Waals surface area (Å²) in [4.78, 5) is 0. The minimum atomic E-state index is -0.216. The highest BCUT2D eigenvalue weighted by Gasteiger charge is 2.16. The SMILES string of the molecule is Fc1cccc([C@H]2C[N]CCO2)c1. The van der Waals surface area contributed by atoms with Crippen LogP contribution in [0.3, 0.4) is 0 Å². The fraction of sp³-hybridized carbons (Fsp3) is 0.400. The Labute approximate surface area is 76.7 Å². The van der Waals surface area contributed by atoms with Crippen molar-refractivity contribution in [1.82, 2.24) is 5.32 Å². The Balaban J connectivity index is 2.14. The van der Waals surface area contributed by atoms with Crippen LogP contribution in [0.25, 0.3) is 0 Å². The Morgan fingerprint density at radius 3 is 3.08 bits per heavy atom. The number of ether oxygens (including phenoxy) is 1. The molecule has 13 heavy (non-hydrogen) atoms. The molecule has 1 aliphatic rings. The van der Waals surface area contributed by atoms with Crippen LogP contribution in [0, 0.1) is 5.82 Å². The van der Waals surface area contributed by atoms with Gasteiger partial charge in [0.05, 0.1) is 12.7 Å². The Bertz CT molecular complexity index is 284. The normalized spacial score (nSPS) is 23.0. The zero-order valence-corrected chi connectivity index (χ0v) is 7.24. The van der Waals surface area contributed by atoms with Gasteiger partial charge in [0, 0.05) is 13.1 Å². The Hall–Kier alpha value is -0.930. The molecule has 1 aromatic carbocycles. The van der Waals surface area contributed by atoms with Crippen molar-refractivity contribution in [3.05, 3.63) is 35.6 Å². The smallest absolute Gasteiger partial charge is 0.123 e. The summed E-state index contributed by atoms with van der Waals surface area (Å²) in [6.07, 6.45) is -0.0514. The maximum Gasteiger partial charge on any atom is 0.123 e. The minimum absolute atomic E-state index is 0.0514. The average Bonchev–Trinajstić information content (AvgIpc) is 2.19. The molecule has 1 aromatic rings. The highest BCUT2D eigenvalue weighted by Crippen LogP contribution is 2.19. The molecule has 0 amide bonds. The van der Waals surface area contributed by atoms with Crippen molar-refractivity contribution in [2.24, 2.45) is 0 Å². The summed E-state index contributed by atoms with van der Waals surface area (Å²) >= 11 is 0. The van der Waals surface area contributed by atoms with Crippen LogP contribution in [-0.2, 0) is 4.74 Å². The molecule has 0 bridgehead atoms. The predicted octanol–water partition coefficient (Wildman–Crippen LogP) is 1.50. The van der Waals surface area contributed by atoms with Gasteiger partial charge in [0.2, 0.25) is 0 Å². The summed E-state index contributed by atoms with van der Waals surface area (Å²) in [5.41, 5.74) is 0.878. The summed E-state index contributed by atoms with van der Waals surface area (Å²) in [5.74, 6) is -0.216. The van der Waals surface area contributed by atoms with E-state index in [0.717, 1.165) is 12.1 Å². The van der Waals surface area contributed by atoms with Crippen LogP contribution in [0.15, 0.2) is 24.3 Å². The molecule has 0 unspecified atom stereocenters. The van der Waals surface area contributed by atoms with Gasteiger partial charge in [-0.05, 0) is 17.7 Å². The molecule has 1 aliphatic heterocycles. The van der Waals surface area contributed by atoms with E-state index in [-0.39, 0.29) is 11.9 Å². The second-order valence-corrected chi connectivity index (χ2v) is 3.04. The fourth-order valence-electron chi connectivity index (χ4n) is 1.43. The standard InChI is InChI=1S/C10H11FNO/c11-9-3-1-2-8(6-9)10-7-12-4-5-13-10/h1-3,6,10H,4-5,7H2/t10-/m1/s1. The van der Waals surface area contributed by atoms with Crippen LogP contribution in [-0.4, -0.2) is 19.7 Å². The van der Waals surface area contributed by atoms with E-state index >= 15 is 0 Å².